The lowest BCUT2D eigenvalue weighted by molar-refractivity contribution is 0.0697. The smallest absolute Gasteiger partial charge is 0.335 e. The average molecular weight is 244 g/mol. The number of imidazole rings is 1. The van der Waals surface area contributed by atoms with Gasteiger partial charge in [0.25, 0.3) is 0 Å². The number of benzene rings is 1. The van der Waals surface area contributed by atoms with E-state index in [1.807, 2.05) is 6.07 Å². The minimum absolute atomic E-state index is 0.301. The number of carbonyl (C=O) groups is 1. The van der Waals surface area contributed by atoms with Gasteiger partial charge >= 0.3 is 5.97 Å². The topological polar surface area (TPSA) is 55.1 Å². The summed E-state index contributed by atoms with van der Waals surface area (Å²) < 4.78 is 2.18. The highest BCUT2D eigenvalue weighted by atomic mass is 16.4. The molecule has 0 bridgehead atoms. The van der Waals surface area contributed by atoms with E-state index in [9.17, 15) is 4.79 Å². The summed E-state index contributed by atoms with van der Waals surface area (Å²) in [6.45, 7) is 4.22. The molecule has 0 spiro atoms. The van der Waals surface area contributed by atoms with Gasteiger partial charge in [-0.05, 0) is 44.9 Å². The van der Waals surface area contributed by atoms with E-state index < -0.39 is 5.97 Å². The molecule has 18 heavy (non-hydrogen) atoms. The third-order valence-electron chi connectivity index (χ3n) is 3.42. The van der Waals surface area contributed by atoms with Crippen molar-refractivity contribution in [3.05, 3.63) is 29.6 Å². The zero-order chi connectivity index (χ0) is 12.9. The molecule has 0 saturated heterocycles. The van der Waals surface area contributed by atoms with Gasteiger partial charge in [0.15, 0.2) is 0 Å². The van der Waals surface area contributed by atoms with E-state index in [1.54, 1.807) is 12.1 Å². The Balaban J connectivity index is 2.25. The highest BCUT2D eigenvalue weighted by Crippen LogP contribution is 2.41. The van der Waals surface area contributed by atoms with Crippen LogP contribution >= 0.6 is 0 Å². The van der Waals surface area contributed by atoms with Gasteiger partial charge in [-0.2, -0.15) is 0 Å². The molecule has 0 aliphatic heterocycles. The molecule has 0 unspecified atom stereocenters. The lowest BCUT2D eigenvalue weighted by Crippen LogP contribution is -2.05. The second-order valence-corrected chi connectivity index (χ2v) is 5.22. The number of nitrogens with zero attached hydrogens (tertiary/aromatic N) is 2. The monoisotopic (exact) mass is 244 g/mol. The molecule has 0 atom stereocenters. The normalized spacial score (nSPS) is 15.5. The molecular weight excluding hydrogens is 228 g/mol. The number of aromatic nitrogens is 2. The zero-order valence-electron chi connectivity index (χ0n) is 10.6. The minimum atomic E-state index is -0.888. The number of carboxylic acid groups (broad SMARTS) is 1. The number of fused-ring (bicyclic) bond motifs is 1. The van der Waals surface area contributed by atoms with Gasteiger partial charge in [-0.15, -0.1) is 0 Å². The maximum Gasteiger partial charge on any atom is 0.335 e. The quantitative estimate of drug-likeness (QED) is 0.902. The van der Waals surface area contributed by atoms with Gasteiger partial charge in [-0.1, -0.05) is 0 Å². The Morgan fingerprint density at radius 1 is 1.44 bits per heavy atom. The summed E-state index contributed by atoms with van der Waals surface area (Å²) in [6.07, 6.45) is 2.39. The number of rotatable bonds is 3. The third-order valence-corrected chi connectivity index (χ3v) is 3.42. The Morgan fingerprint density at radius 2 is 2.17 bits per heavy atom. The van der Waals surface area contributed by atoms with Gasteiger partial charge in [0, 0.05) is 12.0 Å². The Kier molecular flexibility index (Phi) is 2.40. The fourth-order valence-corrected chi connectivity index (χ4v) is 2.42. The predicted octanol–water partition coefficient (Wildman–Crippen LogP) is 3.19. The first kappa shape index (κ1) is 11.3. The summed E-state index contributed by atoms with van der Waals surface area (Å²) >= 11 is 0. The van der Waals surface area contributed by atoms with Crippen LogP contribution in [0.1, 0.15) is 54.8 Å². The van der Waals surface area contributed by atoms with Crippen molar-refractivity contribution in [3.8, 4) is 0 Å². The van der Waals surface area contributed by atoms with E-state index in [4.69, 9.17) is 5.11 Å². The van der Waals surface area contributed by atoms with E-state index >= 15 is 0 Å². The van der Waals surface area contributed by atoms with E-state index in [2.05, 4.69) is 23.4 Å². The standard InChI is InChI=1S/C14H16N2O2/c1-8(2)16-12-7-10(14(17)18)5-6-11(12)15-13(16)9-3-4-9/h5-9H,3-4H2,1-2H3,(H,17,18). The second kappa shape index (κ2) is 3.83. The summed E-state index contributed by atoms with van der Waals surface area (Å²) in [6, 6.07) is 5.47. The highest BCUT2D eigenvalue weighted by Gasteiger charge is 2.30. The van der Waals surface area contributed by atoms with Crippen molar-refractivity contribution in [3.63, 3.8) is 0 Å². The van der Waals surface area contributed by atoms with Crippen LogP contribution in [-0.2, 0) is 0 Å². The Bertz CT molecular complexity index is 624. The van der Waals surface area contributed by atoms with Crippen LogP contribution in [0.2, 0.25) is 0 Å². The van der Waals surface area contributed by atoms with Crippen molar-refractivity contribution in [2.75, 3.05) is 0 Å². The molecule has 1 heterocycles. The zero-order valence-corrected chi connectivity index (χ0v) is 10.6. The largest absolute Gasteiger partial charge is 0.478 e. The first-order valence-electron chi connectivity index (χ1n) is 6.33. The second-order valence-electron chi connectivity index (χ2n) is 5.22. The lowest BCUT2D eigenvalue weighted by atomic mass is 10.2. The summed E-state index contributed by atoms with van der Waals surface area (Å²) in [5, 5.41) is 9.07. The summed E-state index contributed by atoms with van der Waals surface area (Å²) in [5.41, 5.74) is 2.16. The van der Waals surface area contributed by atoms with Crippen molar-refractivity contribution < 1.29 is 9.90 Å². The van der Waals surface area contributed by atoms with Crippen molar-refractivity contribution in [2.45, 2.75) is 38.6 Å². The molecular formula is C14H16N2O2. The molecule has 1 aromatic carbocycles. The molecule has 0 amide bonds. The summed E-state index contributed by atoms with van der Waals surface area (Å²) in [5.74, 6) is 0.789. The first-order valence-corrected chi connectivity index (χ1v) is 6.33. The van der Waals surface area contributed by atoms with E-state index in [1.165, 1.54) is 12.8 Å². The highest BCUT2D eigenvalue weighted by molar-refractivity contribution is 5.92. The maximum atomic E-state index is 11.0. The van der Waals surface area contributed by atoms with Gasteiger partial charge in [0.05, 0.1) is 16.6 Å². The van der Waals surface area contributed by atoms with Gasteiger partial charge in [-0.25, -0.2) is 9.78 Å². The van der Waals surface area contributed by atoms with Gasteiger partial charge in [0.1, 0.15) is 5.82 Å². The van der Waals surface area contributed by atoms with Gasteiger partial charge in [-0.3, -0.25) is 0 Å². The van der Waals surface area contributed by atoms with Gasteiger partial charge < -0.3 is 9.67 Å². The van der Waals surface area contributed by atoms with Crippen LogP contribution in [-0.4, -0.2) is 20.6 Å². The van der Waals surface area contributed by atoms with Crippen LogP contribution in [0.15, 0.2) is 18.2 Å². The SMILES string of the molecule is CC(C)n1c(C2CC2)nc2ccc(C(=O)O)cc21. The van der Waals surface area contributed by atoms with Crippen LogP contribution in [0.3, 0.4) is 0 Å². The molecule has 0 radical (unpaired) electrons. The molecule has 1 fully saturated rings. The minimum Gasteiger partial charge on any atom is -0.478 e. The van der Waals surface area contributed by atoms with Crippen molar-refractivity contribution >= 4 is 17.0 Å². The Labute approximate surface area is 105 Å². The molecule has 94 valence electrons. The van der Waals surface area contributed by atoms with Crippen molar-refractivity contribution in [1.29, 1.82) is 0 Å². The van der Waals surface area contributed by atoms with Crippen LogP contribution in [0.4, 0.5) is 0 Å². The van der Waals surface area contributed by atoms with Crippen LogP contribution in [0.5, 0.6) is 0 Å². The maximum absolute atomic E-state index is 11.0. The molecule has 1 aliphatic rings. The van der Waals surface area contributed by atoms with E-state index in [0.717, 1.165) is 16.9 Å². The van der Waals surface area contributed by atoms with Crippen molar-refractivity contribution in [2.24, 2.45) is 0 Å². The number of aromatic carboxylic acids is 1. The molecule has 1 saturated carbocycles. The summed E-state index contributed by atoms with van der Waals surface area (Å²) in [7, 11) is 0. The fraction of sp³-hybridized carbons (Fsp3) is 0.429. The Morgan fingerprint density at radius 3 is 2.72 bits per heavy atom. The van der Waals surface area contributed by atoms with E-state index in [-0.39, 0.29) is 0 Å². The average Bonchev–Trinajstić information content (AvgIpc) is 3.08. The molecule has 3 rings (SSSR count). The molecule has 4 heteroatoms. The molecule has 1 N–H and O–H groups in total. The number of carboxylic acids is 1. The Hall–Kier alpha value is -1.84. The summed E-state index contributed by atoms with van der Waals surface area (Å²) in [4.78, 5) is 15.7. The fourth-order valence-electron chi connectivity index (χ4n) is 2.42. The molecule has 4 nitrogen and oxygen atoms in total. The van der Waals surface area contributed by atoms with E-state index in [0.29, 0.717) is 17.5 Å². The van der Waals surface area contributed by atoms with Crippen molar-refractivity contribution in [1.82, 2.24) is 9.55 Å². The number of hydrogen-bond acceptors (Lipinski definition) is 2. The molecule has 1 aliphatic carbocycles. The van der Waals surface area contributed by atoms with Crippen LogP contribution in [0.25, 0.3) is 11.0 Å². The first-order chi connectivity index (χ1) is 8.58. The third kappa shape index (κ3) is 1.68. The lowest BCUT2D eigenvalue weighted by Gasteiger charge is -2.12. The van der Waals surface area contributed by atoms with Crippen LogP contribution in [0, 0.1) is 0 Å². The van der Waals surface area contributed by atoms with Crippen LogP contribution < -0.4 is 0 Å². The van der Waals surface area contributed by atoms with Gasteiger partial charge in [0.2, 0.25) is 0 Å². The predicted molar refractivity (Wildman–Crippen MR) is 69.1 cm³/mol. The number of hydrogen-bond donors (Lipinski definition) is 1. The molecule has 1 aromatic heterocycles. The molecule has 2 aromatic rings.